The van der Waals surface area contributed by atoms with Crippen molar-refractivity contribution in [3.05, 3.63) is 89.2 Å². The Bertz CT molecular complexity index is 1600. The molecule has 9 nitrogen and oxygen atoms in total. The third-order valence-electron chi connectivity index (χ3n) is 6.58. The van der Waals surface area contributed by atoms with Crippen LogP contribution in [0, 0.1) is 24.6 Å². The number of carboxylic acid groups (broad SMARTS) is 1. The smallest absolute Gasteiger partial charge is 0.323 e. The minimum Gasteiger partial charge on any atom is -0.481 e. The monoisotopic (exact) mass is 580 g/mol. The van der Waals surface area contributed by atoms with Gasteiger partial charge in [0.15, 0.2) is 0 Å². The summed E-state index contributed by atoms with van der Waals surface area (Å²) in [7, 11) is -4.35. The number of rotatable bonds is 8. The molecule has 0 aliphatic carbocycles. The first-order valence-corrected chi connectivity index (χ1v) is 14.2. The number of aliphatic carboxylic acids is 1. The number of ether oxygens (including phenoxy) is 2. The second-order valence-corrected chi connectivity index (χ2v) is 11.0. The SMILES string of the molecule is CCOCC#CCOc1ccc(S(=O)(=O)N2Cc3ccccc3N(C(=O)c3cccc(F)c3C)CC2C(=O)O)cc1. The van der Waals surface area contributed by atoms with E-state index in [0.717, 1.165) is 4.31 Å². The Morgan fingerprint density at radius 2 is 1.73 bits per heavy atom. The first-order chi connectivity index (χ1) is 19.6. The molecule has 0 saturated carbocycles. The van der Waals surface area contributed by atoms with Crippen LogP contribution in [0.15, 0.2) is 71.6 Å². The van der Waals surface area contributed by atoms with Crippen LogP contribution in [0.25, 0.3) is 0 Å². The lowest BCUT2D eigenvalue weighted by Gasteiger charge is -2.28. The fourth-order valence-electron chi connectivity index (χ4n) is 4.40. The van der Waals surface area contributed by atoms with Crippen molar-refractivity contribution < 1.29 is 37.0 Å². The van der Waals surface area contributed by atoms with Gasteiger partial charge < -0.3 is 19.5 Å². The molecule has 1 N–H and O–H groups in total. The molecule has 1 atom stereocenters. The molecule has 1 heterocycles. The lowest BCUT2D eigenvalue weighted by molar-refractivity contribution is -0.141. The standard InChI is InChI=1S/C30H29FN2O7S/c1-3-39-17-6-7-18-40-23-13-15-24(16-14-23)41(37,38)33-19-22-9-4-5-12-27(22)32(20-28(33)30(35)36)29(34)25-10-8-11-26(31)21(25)2/h4-5,8-16,28H,3,17-20H2,1-2H3,(H,35,36). The van der Waals surface area contributed by atoms with Gasteiger partial charge in [-0.25, -0.2) is 12.8 Å². The van der Waals surface area contributed by atoms with Crippen molar-refractivity contribution in [1.29, 1.82) is 0 Å². The van der Waals surface area contributed by atoms with Crippen molar-refractivity contribution in [3.8, 4) is 17.6 Å². The van der Waals surface area contributed by atoms with Crippen LogP contribution in [0.1, 0.15) is 28.4 Å². The van der Waals surface area contributed by atoms with E-state index < -0.39 is 40.3 Å². The molecular weight excluding hydrogens is 551 g/mol. The van der Waals surface area contributed by atoms with E-state index in [1.807, 2.05) is 6.92 Å². The number of halogens is 1. The average Bonchev–Trinajstić information content (AvgIpc) is 3.14. The third kappa shape index (κ3) is 6.57. The lowest BCUT2D eigenvalue weighted by Crippen LogP contribution is -2.50. The molecule has 41 heavy (non-hydrogen) atoms. The minimum absolute atomic E-state index is 0.0541. The minimum atomic E-state index is -4.35. The number of carbonyl (C=O) groups is 2. The lowest BCUT2D eigenvalue weighted by atomic mass is 10.1. The Hall–Kier alpha value is -4.24. The van der Waals surface area contributed by atoms with Gasteiger partial charge in [0.2, 0.25) is 10.0 Å². The van der Waals surface area contributed by atoms with Crippen molar-refractivity contribution in [2.24, 2.45) is 0 Å². The number of sulfonamides is 1. The summed E-state index contributed by atoms with van der Waals surface area (Å²) in [5.41, 5.74) is 0.934. The number of para-hydroxylation sites is 1. The van der Waals surface area contributed by atoms with Gasteiger partial charge in [-0.15, -0.1) is 0 Å². The van der Waals surface area contributed by atoms with Crippen LogP contribution in [0.2, 0.25) is 0 Å². The topological polar surface area (TPSA) is 113 Å². The summed E-state index contributed by atoms with van der Waals surface area (Å²) in [4.78, 5) is 27.2. The number of carboxylic acids is 1. The summed E-state index contributed by atoms with van der Waals surface area (Å²) in [6.45, 7) is 3.46. The van der Waals surface area contributed by atoms with E-state index in [2.05, 4.69) is 11.8 Å². The first kappa shape index (κ1) is 29.7. The van der Waals surface area contributed by atoms with E-state index in [1.165, 1.54) is 54.3 Å². The van der Waals surface area contributed by atoms with E-state index in [1.54, 1.807) is 24.3 Å². The predicted octanol–water partition coefficient (Wildman–Crippen LogP) is 3.86. The third-order valence-corrected chi connectivity index (χ3v) is 8.45. The van der Waals surface area contributed by atoms with Crippen molar-refractivity contribution in [2.45, 2.75) is 31.3 Å². The van der Waals surface area contributed by atoms with Crippen LogP contribution in [-0.4, -0.2) is 62.1 Å². The number of amides is 1. The Morgan fingerprint density at radius 1 is 1.02 bits per heavy atom. The summed E-state index contributed by atoms with van der Waals surface area (Å²) in [5, 5.41) is 10.2. The molecule has 214 valence electrons. The maximum absolute atomic E-state index is 14.3. The van der Waals surface area contributed by atoms with Gasteiger partial charge in [-0.05, 0) is 67.4 Å². The number of hydrogen-bond acceptors (Lipinski definition) is 6. The Balaban J connectivity index is 1.65. The normalized spacial score (nSPS) is 15.3. The molecule has 3 aromatic carbocycles. The van der Waals surface area contributed by atoms with Crippen LogP contribution in [0.3, 0.4) is 0 Å². The zero-order valence-corrected chi connectivity index (χ0v) is 23.4. The van der Waals surface area contributed by atoms with Gasteiger partial charge in [-0.1, -0.05) is 36.1 Å². The molecule has 1 unspecified atom stereocenters. The Kier molecular flexibility index (Phi) is 9.39. The molecule has 0 fully saturated rings. The number of benzene rings is 3. The van der Waals surface area contributed by atoms with Crippen molar-refractivity contribution in [2.75, 3.05) is 31.3 Å². The molecule has 0 bridgehead atoms. The van der Waals surface area contributed by atoms with E-state index in [4.69, 9.17) is 9.47 Å². The number of carbonyl (C=O) groups excluding carboxylic acids is 1. The predicted molar refractivity (Wildman–Crippen MR) is 150 cm³/mol. The molecule has 3 aromatic rings. The van der Waals surface area contributed by atoms with Gasteiger partial charge in [-0.3, -0.25) is 9.59 Å². The van der Waals surface area contributed by atoms with E-state index in [9.17, 15) is 27.5 Å². The quantitative estimate of drug-likeness (QED) is 0.318. The summed E-state index contributed by atoms with van der Waals surface area (Å²) < 4.78 is 53.4. The van der Waals surface area contributed by atoms with Crippen LogP contribution >= 0.6 is 0 Å². The molecule has 4 rings (SSSR count). The molecule has 1 amide bonds. The van der Waals surface area contributed by atoms with Crippen LogP contribution in [0.4, 0.5) is 10.1 Å². The Labute approximate surface area is 238 Å². The molecule has 1 aliphatic heterocycles. The van der Waals surface area contributed by atoms with Gasteiger partial charge in [0.1, 0.15) is 30.8 Å². The summed E-state index contributed by atoms with van der Waals surface area (Å²) in [6.07, 6.45) is 0. The fourth-order valence-corrected chi connectivity index (χ4v) is 5.95. The molecular formula is C30H29FN2O7S. The Morgan fingerprint density at radius 3 is 2.44 bits per heavy atom. The maximum Gasteiger partial charge on any atom is 0.323 e. The van der Waals surface area contributed by atoms with Gasteiger partial charge in [-0.2, -0.15) is 4.31 Å². The molecule has 0 radical (unpaired) electrons. The highest BCUT2D eigenvalue weighted by atomic mass is 32.2. The van der Waals surface area contributed by atoms with Crippen LogP contribution in [0.5, 0.6) is 5.75 Å². The van der Waals surface area contributed by atoms with Gasteiger partial charge >= 0.3 is 5.97 Å². The molecule has 11 heteroatoms. The number of fused-ring (bicyclic) bond motifs is 1. The largest absolute Gasteiger partial charge is 0.481 e. The van der Waals surface area contributed by atoms with Crippen molar-refractivity contribution in [1.82, 2.24) is 4.31 Å². The highest BCUT2D eigenvalue weighted by Gasteiger charge is 2.42. The zero-order chi connectivity index (χ0) is 29.6. The van der Waals surface area contributed by atoms with Crippen molar-refractivity contribution in [3.63, 3.8) is 0 Å². The summed E-state index contributed by atoms with van der Waals surface area (Å²) in [6, 6.07) is 14.6. The van der Waals surface area contributed by atoms with Crippen molar-refractivity contribution >= 4 is 27.6 Å². The van der Waals surface area contributed by atoms with Gasteiger partial charge in [0.25, 0.3) is 5.91 Å². The molecule has 1 aliphatic rings. The number of hydrogen-bond donors (Lipinski definition) is 1. The van der Waals surface area contributed by atoms with Crippen LogP contribution < -0.4 is 9.64 Å². The number of nitrogens with zero attached hydrogens (tertiary/aromatic N) is 2. The first-order valence-electron chi connectivity index (χ1n) is 12.8. The summed E-state index contributed by atoms with van der Waals surface area (Å²) in [5.74, 6) is 3.32. The summed E-state index contributed by atoms with van der Waals surface area (Å²) >= 11 is 0. The van der Waals surface area contributed by atoms with E-state index in [0.29, 0.717) is 23.6 Å². The highest BCUT2D eigenvalue weighted by molar-refractivity contribution is 7.89. The molecule has 0 spiro atoms. The average molecular weight is 581 g/mol. The van der Waals surface area contributed by atoms with Gasteiger partial charge in [0.05, 0.1) is 11.4 Å². The van der Waals surface area contributed by atoms with Gasteiger partial charge in [0, 0.05) is 24.4 Å². The highest BCUT2D eigenvalue weighted by Crippen LogP contribution is 2.33. The second-order valence-electron chi connectivity index (χ2n) is 9.11. The molecule has 0 saturated heterocycles. The number of anilines is 1. The van der Waals surface area contributed by atoms with E-state index >= 15 is 0 Å². The molecule has 0 aromatic heterocycles. The fraction of sp³-hybridized carbons (Fsp3) is 0.267. The van der Waals surface area contributed by atoms with Crippen LogP contribution in [-0.2, 0) is 26.1 Å². The zero-order valence-electron chi connectivity index (χ0n) is 22.5. The maximum atomic E-state index is 14.3. The van der Waals surface area contributed by atoms with E-state index in [-0.39, 0.29) is 35.8 Å². The second kappa shape index (κ2) is 13.0.